The second-order valence-corrected chi connectivity index (χ2v) is 4.66. The molecule has 0 unspecified atom stereocenters. The van der Waals surface area contributed by atoms with E-state index >= 15 is 0 Å². The highest BCUT2D eigenvalue weighted by Crippen LogP contribution is 2.25. The Morgan fingerprint density at radius 1 is 1.19 bits per heavy atom. The number of aryl methyl sites for hydroxylation is 2. The van der Waals surface area contributed by atoms with Gasteiger partial charge >= 0.3 is 0 Å². The van der Waals surface area contributed by atoms with Gasteiger partial charge in [-0.2, -0.15) is 12.6 Å². The highest BCUT2D eigenvalue weighted by atomic mass is 32.1. The van der Waals surface area contributed by atoms with Crippen molar-refractivity contribution in [3.05, 3.63) is 52.6 Å². The normalized spacial score (nSPS) is 12.3. The summed E-state index contributed by atoms with van der Waals surface area (Å²) in [6.07, 6.45) is 0. The number of thiol groups is 1. The molecule has 0 aliphatic rings. The molecule has 0 fully saturated rings. The molecule has 0 bridgehead atoms. The van der Waals surface area contributed by atoms with E-state index in [1.54, 1.807) is 0 Å². The SMILES string of the molecule is C=C(C)/C(CS)=C(\C)c1ccc(C)c(C)c1. The molecule has 1 aromatic rings. The summed E-state index contributed by atoms with van der Waals surface area (Å²) < 4.78 is 0. The summed E-state index contributed by atoms with van der Waals surface area (Å²) in [5, 5.41) is 0. The van der Waals surface area contributed by atoms with Crippen LogP contribution < -0.4 is 0 Å². The van der Waals surface area contributed by atoms with Gasteiger partial charge < -0.3 is 0 Å². The Morgan fingerprint density at radius 3 is 2.25 bits per heavy atom. The Bertz CT molecular complexity index is 439. The summed E-state index contributed by atoms with van der Waals surface area (Å²) in [5.74, 6) is 0.744. The summed E-state index contributed by atoms with van der Waals surface area (Å²) in [5.41, 5.74) is 7.56. The molecule has 0 spiro atoms. The molecule has 0 N–H and O–H groups in total. The topological polar surface area (TPSA) is 0 Å². The van der Waals surface area contributed by atoms with Crippen LogP contribution >= 0.6 is 12.6 Å². The van der Waals surface area contributed by atoms with Crippen molar-refractivity contribution < 1.29 is 0 Å². The highest BCUT2D eigenvalue weighted by molar-refractivity contribution is 7.80. The van der Waals surface area contributed by atoms with Gasteiger partial charge in [-0.1, -0.05) is 30.4 Å². The van der Waals surface area contributed by atoms with E-state index in [-0.39, 0.29) is 0 Å². The molecule has 0 amide bonds. The van der Waals surface area contributed by atoms with Crippen LogP contribution in [0.25, 0.3) is 5.57 Å². The van der Waals surface area contributed by atoms with E-state index < -0.39 is 0 Å². The maximum atomic E-state index is 4.37. The first kappa shape index (κ1) is 13.1. The number of hydrogen-bond donors (Lipinski definition) is 1. The third-order valence-corrected chi connectivity index (χ3v) is 3.38. The zero-order valence-corrected chi connectivity index (χ0v) is 11.5. The lowest BCUT2D eigenvalue weighted by atomic mass is 9.96. The van der Waals surface area contributed by atoms with Crippen molar-refractivity contribution in [3.63, 3.8) is 0 Å². The molecule has 0 radical (unpaired) electrons. The van der Waals surface area contributed by atoms with Gasteiger partial charge in [-0.15, -0.1) is 0 Å². The van der Waals surface area contributed by atoms with Crippen molar-refractivity contribution in [2.24, 2.45) is 0 Å². The van der Waals surface area contributed by atoms with Crippen LogP contribution in [0.4, 0.5) is 0 Å². The molecular formula is C15H20S. The first-order valence-electron chi connectivity index (χ1n) is 5.51. The zero-order chi connectivity index (χ0) is 12.3. The molecule has 0 aromatic heterocycles. The third-order valence-electron chi connectivity index (χ3n) is 3.07. The number of hydrogen-bond acceptors (Lipinski definition) is 1. The van der Waals surface area contributed by atoms with Gasteiger partial charge in [0, 0.05) is 5.75 Å². The minimum absolute atomic E-state index is 0.744. The van der Waals surface area contributed by atoms with Crippen molar-refractivity contribution >= 4 is 18.2 Å². The van der Waals surface area contributed by atoms with Crippen molar-refractivity contribution in [2.75, 3.05) is 5.75 Å². The van der Waals surface area contributed by atoms with Gasteiger partial charge in [-0.25, -0.2) is 0 Å². The van der Waals surface area contributed by atoms with E-state index in [4.69, 9.17) is 0 Å². The van der Waals surface area contributed by atoms with Crippen molar-refractivity contribution in [1.29, 1.82) is 0 Å². The fourth-order valence-corrected chi connectivity index (χ4v) is 2.23. The number of benzene rings is 1. The maximum Gasteiger partial charge on any atom is 0.0159 e. The molecule has 1 heteroatoms. The first-order chi connectivity index (χ1) is 7.47. The van der Waals surface area contributed by atoms with Crippen LogP contribution in [-0.4, -0.2) is 5.75 Å². The van der Waals surface area contributed by atoms with E-state index in [9.17, 15) is 0 Å². The third kappa shape index (κ3) is 2.79. The second kappa shape index (κ2) is 5.40. The van der Waals surface area contributed by atoms with Gasteiger partial charge in [0.05, 0.1) is 0 Å². The Hall–Kier alpha value is -0.950. The predicted molar refractivity (Wildman–Crippen MR) is 77.2 cm³/mol. The Kier molecular flexibility index (Phi) is 4.43. The standard InChI is InChI=1S/C15H20S/c1-10(2)15(9-16)13(5)14-7-6-11(3)12(4)8-14/h6-8,16H,1,9H2,2-5H3/b15-13+. The molecule has 0 saturated carbocycles. The fraction of sp³-hybridized carbons (Fsp3) is 0.333. The molecule has 0 heterocycles. The lowest BCUT2D eigenvalue weighted by molar-refractivity contribution is 1.31. The van der Waals surface area contributed by atoms with E-state index in [0.29, 0.717) is 0 Å². The first-order valence-corrected chi connectivity index (χ1v) is 6.14. The van der Waals surface area contributed by atoms with Crippen molar-refractivity contribution in [3.8, 4) is 0 Å². The van der Waals surface area contributed by atoms with E-state index in [2.05, 4.69) is 58.2 Å². The van der Waals surface area contributed by atoms with Crippen molar-refractivity contribution in [2.45, 2.75) is 27.7 Å². The zero-order valence-electron chi connectivity index (χ0n) is 10.6. The van der Waals surface area contributed by atoms with Gasteiger partial charge in [0.1, 0.15) is 0 Å². The molecule has 16 heavy (non-hydrogen) atoms. The number of allylic oxidation sites excluding steroid dienone is 2. The highest BCUT2D eigenvalue weighted by Gasteiger charge is 2.05. The van der Waals surface area contributed by atoms with Crippen LogP contribution in [0.1, 0.15) is 30.5 Å². The van der Waals surface area contributed by atoms with Gasteiger partial charge in [-0.05, 0) is 55.5 Å². The fourth-order valence-electron chi connectivity index (χ4n) is 1.72. The minimum Gasteiger partial charge on any atom is -0.175 e. The number of rotatable bonds is 3. The molecule has 0 saturated heterocycles. The van der Waals surface area contributed by atoms with Crippen LogP contribution in [0.3, 0.4) is 0 Å². The van der Waals surface area contributed by atoms with Gasteiger partial charge in [-0.3, -0.25) is 0 Å². The van der Waals surface area contributed by atoms with E-state index in [1.165, 1.54) is 27.8 Å². The predicted octanol–water partition coefficient (Wildman–Crippen LogP) is 4.58. The quantitative estimate of drug-likeness (QED) is 0.572. The van der Waals surface area contributed by atoms with Gasteiger partial charge in [0.15, 0.2) is 0 Å². The largest absolute Gasteiger partial charge is 0.175 e. The molecule has 0 aliphatic heterocycles. The van der Waals surface area contributed by atoms with Crippen LogP contribution in [0.15, 0.2) is 35.9 Å². The minimum atomic E-state index is 0.744. The maximum absolute atomic E-state index is 4.37. The second-order valence-electron chi connectivity index (χ2n) is 4.34. The monoisotopic (exact) mass is 232 g/mol. The van der Waals surface area contributed by atoms with E-state index in [0.717, 1.165) is 11.3 Å². The molecule has 0 nitrogen and oxygen atoms in total. The Balaban J connectivity index is 3.27. The summed E-state index contributed by atoms with van der Waals surface area (Å²) in [6.45, 7) is 12.5. The average Bonchev–Trinajstić information content (AvgIpc) is 2.22. The molecular weight excluding hydrogens is 212 g/mol. The molecule has 0 atom stereocenters. The van der Waals surface area contributed by atoms with Crippen LogP contribution in [0, 0.1) is 13.8 Å². The van der Waals surface area contributed by atoms with Gasteiger partial charge in [0.25, 0.3) is 0 Å². The van der Waals surface area contributed by atoms with Crippen LogP contribution in [-0.2, 0) is 0 Å². The molecule has 0 aliphatic carbocycles. The van der Waals surface area contributed by atoms with E-state index in [1.807, 2.05) is 6.92 Å². The molecule has 86 valence electrons. The summed E-state index contributed by atoms with van der Waals surface area (Å²) in [7, 11) is 0. The smallest absolute Gasteiger partial charge is 0.0159 e. The summed E-state index contributed by atoms with van der Waals surface area (Å²) >= 11 is 4.37. The summed E-state index contributed by atoms with van der Waals surface area (Å²) in [6, 6.07) is 6.57. The lowest BCUT2D eigenvalue weighted by Gasteiger charge is -2.12. The Labute approximate surface area is 104 Å². The average molecular weight is 232 g/mol. The van der Waals surface area contributed by atoms with Crippen LogP contribution in [0.5, 0.6) is 0 Å². The van der Waals surface area contributed by atoms with Crippen molar-refractivity contribution in [1.82, 2.24) is 0 Å². The molecule has 1 aromatic carbocycles. The van der Waals surface area contributed by atoms with Crippen LogP contribution in [0.2, 0.25) is 0 Å². The summed E-state index contributed by atoms with van der Waals surface area (Å²) in [4.78, 5) is 0. The lowest BCUT2D eigenvalue weighted by Crippen LogP contribution is -1.93. The molecule has 1 rings (SSSR count). The Morgan fingerprint density at radius 2 is 1.81 bits per heavy atom. The van der Waals surface area contributed by atoms with Gasteiger partial charge in [0.2, 0.25) is 0 Å².